The molecular weight excluding hydrogens is 504 g/mol. The van der Waals surface area contributed by atoms with Gasteiger partial charge < -0.3 is 14.7 Å². The van der Waals surface area contributed by atoms with Crippen molar-refractivity contribution >= 4 is 34.9 Å². The van der Waals surface area contributed by atoms with Crippen molar-refractivity contribution in [3.63, 3.8) is 0 Å². The van der Waals surface area contributed by atoms with Gasteiger partial charge in [-0.1, -0.05) is 6.07 Å². The van der Waals surface area contributed by atoms with Crippen LogP contribution in [0.4, 0.5) is 4.79 Å². The number of benzene rings is 1. The molecule has 2 fully saturated rings. The Balaban J connectivity index is 1.44. The Hall–Kier alpha value is -3.63. The monoisotopic (exact) mass is 542 g/mol. The van der Waals surface area contributed by atoms with Crippen molar-refractivity contribution in [2.75, 3.05) is 13.1 Å². The fraction of sp³-hybridized carbons (Fsp3) is 0.607. The maximum absolute atomic E-state index is 13.0. The minimum atomic E-state index is -0.841. The lowest BCUT2D eigenvalue weighted by atomic mass is 9.72. The van der Waals surface area contributed by atoms with Crippen molar-refractivity contribution in [3.05, 3.63) is 34.2 Å². The van der Waals surface area contributed by atoms with E-state index in [9.17, 15) is 29.1 Å². The summed E-state index contributed by atoms with van der Waals surface area (Å²) in [4.78, 5) is 62.8. The minimum Gasteiger partial charge on any atom is -0.481 e. The SMILES string of the molecule is Cn1c(=O)n(C2CCC(=O)NC2=O)c2ccc(CCCC3(CC(=O)O)CCN(C(=O)OC(C)(C)C)CC3)cc21. The second-order valence-corrected chi connectivity index (χ2v) is 11.9. The highest BCUT2D eigenvalue weighted by Crippen LogP contribution is 2.40. The quantitative estimate of drug-likeness (QED) is 0.512. The number of aryl methyl sites for hydroxylation is 2. The number of hydrogen-bond donors (Lipinski definition) is 2. The van der Waals surface area contributed by atoms with Crippen molar-refractivity contribution in [2.24, 2.45) is 12.5 Å². The topological polar surface area (TPSA) is 140 Å². The lowest BCUT2D eigenvalue weighted by molar-refractivity contribution is -0.141. The third-order valence-corrected chi connectivity index (χ3v) is 7.85. The highest BCUT2D eigenvalue weighted by atomic mass is 16.6. The lowest BCUT2D eigenvalue weighted by Crippen LogP contribution is -2.45. The average Bonchev–Trinajstić information content (AvgIpc) is 3.08. The van der Waals surface area contributed by atoms with Gasteiger partial charge in [0.1, 0.15) is 11.6 Å². The summed E-state index contributed by atoms with van der Waals surface area (Å²) in [5.74, 6) is -1.64. The molecule has 1 unspecified atom stereocenters. The average molecular weight is 543 g/mol. The first-order chi connectivity index (χ1) is 18.3. The zero-order valence-corrected chi connectivity index (χ0v) is 23.1. The van der Waals surface area contributed by atoms with E-state index in [-0.39, 0.29) is 37.0 Å². The van der Waals surface area contributed by atoms with Crippen LogP contribution in [0.1, 0.15) is 77.3 Å². The molecule has 2 N–H and O–H groups in total. The predicted molar refractivity (Wildman–Crippen MR) is 143 cm³/mol. The number of rotatable bonds is 7. The van der Waals surface area contributed by atoms with Gasteiger partial charge in [-0.3, -0.25) is 28.8 Å². The number of imide groups is 1. The number of nitrogens with zero attached hydrogens (tertiary/aromatic N) is 3. The molecule has 0 aliphatic carbocycles. The van der Waals surface area contributed by atoms with Crippen LogP contribution < -0.4 is 11.0 Å². The van der Waals surface area contributed by atoms with E-state index in [2.05, 4.69) is 5.32 Å². The smallest absolute Gasteiger partial charge is 0.410 e. The molecule has 0 saturated carbocycles. The summed E-state index contributed by atoms with van der Waals surface area (Å²) < 4.78 is 8.45. The number of carboxylic acid groups (broad SMARTS) is 1. The number of hydrogen-bond acceptors (Lipinski definition) is 6. The number of nitrogens with one attached hydrogen (secondary N) is 1. The first-order valence-corrected chi connectivity index (χ1v) is 13.5. The summed E-state index contributed by atoms with van der Waals surface area (Å²) in [7, 11) is 1.66. The van der Waals surface area contributed by atoms with Crippen LogP contribution in [-0.2, 0) is 32.6 Å². The maximum Gasteiger partial charge on any atom is 0.410 e. The number of aromatic nitrogens is 2. The third-order valence-electron chi connectivity index (χ3n) is 7.85. The summed E-state index contributed by atoms with van der Waals surface area (Å²) in [5, 5.41) is 11.9. The standard InChI is InChI=1S/C28H38N4O7/c1-27(2,3)39-26(38)31-14-12-28(13-15-31,17-23(34)35)11-5-6-18-7-8-19-21(16-18)30(4)25(37)32(19)20-9-10-22(33)29-24(20)36/h7-8,16,20H,5-6,9-15,17H2,1-4H3,(H,34,35)(H,29,33,36). The molecule has 11 nitrogen and oxygen atoms in total. The Bertz CT molecular complexity index is 1340. The molecule has 1 atom stereocenters. The van der Waals surface area contributed by atoms with Gasteiger partial charge in [0.05, 0.1) is 17.5 Å². The Morgan fingerprint density at radius 2 is 1.82 bits per heavy atom. The van der Waals surface area contributed by atoms with Crippen molar-refractivity contribution in [1.29, 1.82) is 0 Å². The van der Waals surface area contributed by atoms with Gasteiger partial charge in [-0.25, -0.2) is 9.59 Å². The van der Waals surface area contributed by atoms with Gasteiger partial charge in [0.2, 0.25) is 11.8 Å². The van der Waals surface area contributed by atoms with E-state index >= 15 is 0 Å². The van der Waals surface area contributed by atoms with Crippen LogP contribution in [-0.4, -0.2) is 61.7 Å². The van der Waals surface area contributed by atoms with Crippen LogP contribution in [0, 0.1) is 5.41 Å². The Morgan fingerprint density at radius 1 is 1.13 bits per heavy atom. The third kappa shape index (κ3) is 6.34. The van der Waals surface area contributed by atoms with Crippen LogP contribution in [0.15, 0.2) is 23.0 Å². The second kappa shape index (κ2) is 10.9. The van der Waals surface area contributed by atoms with Gasteiger partial charge in [0.25, 0.3) is 0 Å². The maximum atomic E-state index is 13.0. The van der Waals surface area contributed by atoms with Gasteiger partial charge in [0.15, 0.2) is 0 Å². The molecule has 2 aliphatic rings. The molecule has 4 rings (SSSR count). The van der Waals surface area contributed by atoms with E-state index in [1.54, 1.807) is 11.9 Å². The Labute approximate surface area is 227 Å². The molecule has 0 spiro atoms. The van der Waals surface area contributed by atoms with Crippen LogP contribution in [0.2, 0.25) is 0 Å². The Morgan fingerprint density at radius 3 is 2.44 bits per heavy atom. The number of carbonyl (C=O) groups is 4. The summed E-state index contributed by atoms with van der Waals surface area (Å²) in [5.41, 5.74) is 1.06. The zero-order valence-electron chi connectivity index (χ0n) is 23.1. The molecule has 1 aromatic carbocycles. The van der Waals surface area contributed by atoms with Crippen LogP contribution in [0.3, 0.4) is 0 Å². The van der Waals surface area contributed by atoms with E-state index in [0.29, 0.717) is 49.8 Å². The number of amides is 3. The summed E-state index contributed by atoms with van der Waals surface area (Å²) in [6.45, 7) is 6.39. The fourth-order valence-electron chi connectivity index (χ4n) is 5.79. The molecule has 0 bridgehead atoms. The largest absolute Gasteiger partial charge is 0.481 e. The first-order valence-electron chi connectivity index (χ1n) is 13.5. The van der Waals surface area contributed by atoms with Gasteiger partial charge in [-0.2, -0.15) is 0 Å². The number of fused-ring (bicyclic) bond motifs is 1. The van der Waals surface area contributed by atoms with Crippen molar-refractivity contribution in [1.82, 2.24) is 19.4 Å². The summed E-state index contributed by atoms with van der Waals surface area (Å²) >= 11 is 0. The zero-order chi connectivity index (χ0) is 28.5. The predicted octanol–water partition coefficient (Wildman–Crippen LogP) is 3.13. The molecule has 0 radical (unpaired) electrons. The summed E-state index contributed by atoms with van der Waals surface area (Å²) in [6.07, 6.45) is 3.51. The van der Waals surface area contributed by atoms with Gasteiger partial charge in [0, 0.05) is 26.6 Å². The molecule has 39 heavy (non-hydrogen) atoms. The molecule has 2 aliphatic heterocycles. The van der Waals surface area contributed by atoms with E-state index in [0.717, 1.165) is 12.0 Å². The molecule has 3 amide bonds. The van der Waals surface area contributed by atoms with E-state index in [4.69, 9.17) is 4.74 Å². The van der Waals surface area contributed by atoms with Crippen LogP contribution in [0.5, 0.6) is 0 Å². The molecule has 1 aromatic heterocycles. The number of aliphatic carboxylic acids is 1. The number of likely N-dealkylation sites (tertiary alicyclic amines) is 1. The van der Waals surface area contributed by atoms with Gasteiger partial charge in [-0.05, 0) is 82.4 Å². The highest BCUT2D eigenvalue weighted by molar-refractivity contribution is 6.00. The normalized spacial score (nSPS) is 19.7. The van der Waals surface area contributed by atoms with Gasteiger partial charge in [-0.15, -0.1) is 0 Å². The second-order valence-electron chi connectivity index (χ2n) is 11.9. The molecule has 2 saturated heterocycles. The molecule has 2 aromatic rings. The number of imidazole rings is 1. The Kier molecular flexibility index (Phi) is 7.90. The number of carbonyl (C=O) groups excluding carboxylic acids is 3. The van der Waals surface area contributed by atoms with E-state index < -0.39 is 28.9 Å². The summed E-state index contributed by atoms with van der Waals surface area (Å²) in [6, 6.07) is 4.97. The van der Waals surface area contributed by atoms with E-state index in [1.165, 1.54) is 9.13 Å². The minimum absolute atomic E-state index is 0.0531. The van der Waals surface area contributed by atoms with Crippen molar-refractivity contribution in [2.45, 2.75) is 83.8 Å². The van der Waals surface area contributed by atoms with E-state index in [1.807, 2.05) is 39.0 Å². The molecular formula is C28H38N4O7. The fourth-order valence-corrected chi connectivity index (χ4v) is 5.79. The molecule has 11 heteroatoms. The number of piperidine rings is 2. The van der Waals surface area contributed by atoms with Crippen molar-refractivity contribution < 1.29 is 29.0 Å². The number of ether oxygens (including phenoxy) is 1. The molecule has 3 heterocycles. The number of carboxylic acids is 1. The van der Waals surface area contributed by atoms with Crippen molar-refractivity contribution in [3.8, 4) is 0 Å². The van der Waals surface area contributed by atoms with Gasteiger partial charge >= 0.3 is 17.8 Å². The highest BCUT2D eigenvalue weighted by Gasteiger charge is 2.38. The first kappa shape index (κ1) is 28.4. The lowest BCUT2D eigenvalue weighted by Gasteiger charge is -2.41. The van der Waals surface area contributed by atoms with Crippen LogP contribution in [0.25, 0.3) is 11.0 Å². The van der Waals surface area contributed by atoms with Crippen LogP contribution >= 0.6 is 0 Å². The molecule has 212 valence electrons.